The van der Waals surface area contributed by atoms with Crippen molar-refractivity contribution >= 4 is 32.3 Å². The van der Waals surface area contributed by atoms with E-state index >= 15 is 0 Å². The molecule has 0 heteroatoms. The molecular formula is C78H72. The molecule has 0 radical (unpaired) electrons. The number of hydrogen-bond donors (Lipinski definition) is 0. The van der Waals surface area contributed by atoms with Crippen molar-refractivity contribution in [3.8, 4) is 89.0 Å². The summed E-state index contributed by atoms with van der Waals surface area (Å²) in [4.78, 5) is 0. The Balaban J connectivity index is 0.952. The fourth-order valence-electron chi connectivity index (χ4n) is 16.9. The molecule has 0 N–H and O–H groups in total. The molecule has 0 heterocycles. The van der Waals surface area contributed by atoms with Gasteiger partial charge in [-0.15, -0.1) is 0 Å². The summed E-state index contributed by atoms with van der Waals surface area (Å²) in [5, 5.41) is 8.24. The first kappa shape index (κ1) is 47.0. The van der Waals surface area contributed by atoms with Crippen molar-refractivity contribution < 1.29 is 0 Å². The molecule has 0 aromatic heterocycles. The summed E-state index contributed by atoms with van der Waals surface area (Å²) >= 11 is 0. The lowest BCUT2D eigenvalue weighted by Crippen LogP contribution is -2.04. The molecule has 6 aliphatic rings. The van der Waals surface area contributed by atoms with Crippen LogP contribution in [-0.2, 0) is 0 Å². The molecule has 0 saturated heterocycles. The Morgan fingerprint density at radius 3 is 0.603 bits per heavy atom. The van der Waals surface area contributed by atoms with E-state index < -0.39 is 0 Å². The van der Waals surface area contributed by atoms with Gasteiger partial charge in [-0.1, -0.05) is 247 Å². The average Bonchev–Trinajstić information content (AvgIpc) is 4.23. The lowest BCUT2D eigenvalue weighted by Gasteiger charge is -2.24. The van der Waals surface area contributed by atoms with Gasteiger partial charge in [0.2, 0.25) is 0 Å². The van der Waals surface area contributed by atoms with Crippen LogP contribution in [0.5, 0.6) is 0 Å². The second-order valence-corrected chi connectivity index (χ2v) is 25.0. The van der Waals surface area contributed by atoms with E-state index in [0.717, 1.165) is 0 Å². The van der Waals surface area contributed by atoms with Gasteiger partial charge in [0.1, 0.15) is 0 Å². The first-order valence-electron chi connectivity index (χ1n) is 30.9. The molecule has 4 fully saturated rings. The highest BCUT2D eigenvalue weighted by atomic mass is 14.4. The van der Waals surface area contributed by atoms with Crippen LogP contribution in [0.3, 0.4) is 0 Å². The summed E-state index contributed by atoms with van der Waals surface area (Å²) in [6.45, 7) is 0. The standard InChI is InChI=1S/C78H72/c1-5-17-49(18-6-1)53-29-37-57(38-30-53)69-61-25-13-14-26-62(61)70(58-39-31-54(32-40-58)50-19-7-2-8-20-50)76-66-47-48-68-74-67(46-45-65(73(66)74)75(69)76)77-71(59-41-33-55(34-42-59)51-21-9-3-10-22-51)63-27-15-16-28-64(63)72(78(68)77)60-43-35-56(36-44-60)52-23-11-4-12-24-52/h13-16,25-52H,1-12,17-24H2. The molecule has 0 nitrogen and oxygen atoms in total. The molecule has 0 aliphatic heterocycles. The van der Waals surface area contributed by atoms with Crippen molar-refractivity contribution in [2.45, 2.75) is 152 Å². The smallest absolute Gasteiger partial charge is 0.000740 e. The Morgan fingerprint density at radius 1 is 0.192 bits per heavy atom. The van der Waals surface area contributed by atoms with Gasteiger partial charge in [-0.05, 0) is 219 Å². The summed E-state index contributed by atoms with van der Waals surface area (Å²) in [6, 6.07) is 68.9. The number of hydrogen-bond acceptors (Lipinski definition) is 0. The first-order valence-corrected chi connectivity index (χ1v) is 30.9. The van der Waals surface area contributed by atoms with Gasteiger partial charge in [-0.25, -0.2) is 0 Å². The van der Waals surface area contributed by atoms with Crippen LogP contribution in [0.4, 0.5) is 0 Å². The monoisotopic (exact) mass is 1010 g/mol. The minimum Gasteiger partial charge on any atom is -0.0616 e. The summed E-state index contributed by atoms with van der Waals surface area (Å²) in [5.41, 5.74) is 28.0. The summed E-state index contributed by atoms with van der Waals surface area (Å²) < 4.78 is 0. The van der Waals surface area contributed by atoms with Crippen LogP contribution in [-0.4, -0.2) is 0 Å². The maximum absolute atomic E-state index is 2.56. The minimum absolute atomic E-state index is 0.670. The summed E-state index contributed by atoms with van der Waals surface area (Å²) in [5.74, 6) is 2.68. The fraction of sp³-hybridized carbons (Fsp3) is 0.308. The molecule has 10 aromatic rings. The van der Waals surface area contributed by atoms with E-state index in [2.05, 4.69) is 170 Å². The third-order valence-corrected chi connectivity index (χ3v) is 20.8. The highest BCUT2D eigenvalue weighted by Crippen LogP contribution is 2.64. The topological polar surface area (TPSA) is 0 Å². The van der Waals surface area contributed by atoms with Crippen LogP contribution in [0.25, 0.3) is 121 Å². The van der Waals surface area contributed by atoms with E-state index in [1.807, 2.05) is 0 Å². The third-order valence-electron chi connectivity index (χ3n) is 20.8. The maximum atomic E-state index is 2.56. The van der Waals surface area contributed by atoms with Crippen molar-refractivity contribution in [1.82, 2.24) is 0 Å². The van der Waals surface area contributed by atoms with Gasteiger partial charge in [0, 0.05) is 0 Å². The number of fused-ring (bicyclic) bond motifs is 8. The van der Waals surface area contributed by atoms with Gasteiger partial charge in [0.05, 0.1) is 0 Å². The van der Waals surface area contributed by atoms with Crippen LogP contribution in [0.15, 0.2) is 170 Å². The van der Waals surface area contributed by atoms with Gasteiger partial charge < -0.3 is 0 Å². The predicted molar refractivity (Wildman–Crippen MR) is 333 cm³/mol. The van der Waals surface area contributed by atoms with E-state index in [1.165, 1.54) is 272 Å². The van der Waals surface area contributed by atoms with E-state index in [0.29, 0.717) is 23.7 Å². The molecule has 0 spiro atoms. The van der Waals surface area contributed by atoms with Crippen LogP contribution in [0, 0.1) is 0 Å². The highest BCUT2D eigenvalue weighted by molar-refractivity contribution is 6.35. The van der Waals surface area contributed by atoms with Crippen LogP contribution in [0.1, 0.15) is 174 Å². The zero-order valence-electron chi connectivity index (χ0n) is 45.6. The second kappa shape index (κ2) is 19.4. The Bertz CT molecular complexity index is 3420. The lowest BCUT2D eigenvalue weighted by atomic mass is 9.80. The average molecular weight is 1010 g/mol. The molecule has 10 aromatic carbocycles. The second-order valence-electron chi connectivity index (χ2n) is 25.0. The summed E-state index contributed by atoms with van der Waals surface area (Å²) in [6.07, 6.45) is 26.8. The third kappa shape index (κ3) is 7.59. The number of benzene rings is 10. The van der Waals surface area contributed by atoms with E-state index in [9.17, 15) is 0 Å². The zero-order valence-corrected chi connectivity index (χ0v) is 45.6. The molecule has 4 saturated carbocycles. The van der Waals surface area contributed by atoms with Crippen LogP contribution < -0.4 is 0 Å². The van der Waals surface area contributed by atoms with E-state index in [1.54, 1.807) is 0 Å². The summed E-state index contributed by atoms with van der Waals surface area (Å²) in [7, 11) is 0. The van der Waals surface area contributed by atoms with Gasteiger partial charge in [0.25, 0.3) is 0 Å². The molecule has 0 bridgehead atoms. The van der Waals surface area contributed by atoms with Crippen molar-refractivity contribution in [1.29, 1.82) is 0 Å². The molecule has 0 amide bonds. The van der Waals surface area contributed by atoms with Gasteiger partial charge >= 0.3 is 0 Å². The Labute approximate surface area is 463 Å². The Morgan fingerprint density at radius 2 is 0.397 bits per heavy atom. The zero-order chi connectivity index (χ0) is 51.3. The van der Waals surface area contributed by atoms with E-state index in [4.69, 9.17) is 0 Å². The largest absolute Gasteiger partial charge is 0.0616 e. The minimum atomic E-state index is 0.670. The van der Waals surface area contributed by atoms with Crippen molar-refractivity contribution in [3.05, 3.63) is 192 Å². The predicted octanol–water partition coefficient (Wildman–Crippen LogP) is 23.3. The molecule has 0 atom stereocenters. The molecule has 16 rings (SSSR count). The van der Waals surface area contributed by atoms with Crippen LogP contribution in [0.2, 0.25) is 0 Å². The highest BCUT2D eigenvalue weighted by Gasteiger charge is 2.37. The first-order chi connectivity index (χ1) is 38.7. The Kier molecular flexibility index (Phi) is 11.7. The van der Waals surface area contributed by atoms with Gasteiger partial charge in [-0.2, -0.15) is 0 Å². The van der Waals surface area contributed by atoms with Crippen molar-refractivity contribution in [2.75, 3.05) is 0 Å². The molecule has 0 unspecified atom stereocenters. The van der Waals surface area contributed by atoms with Crippen molar-refractivity contribution in [3.63, 3.8) is 0 Å². The lowest BCUT2D eigenvalue weighted by molar-refractivity contribution is 0.443. The van der Waals surface area contributed by atoms with Gasteiger partial charge in [-0.3, -0.25) is 0 Å². The van der Waals surface area contributed by atoms with Crippen molar-refractivity contribution in [2.24, 2.45) is 0 Å². The quantitative estimate of drug-likeness (QED) is 0.142. The Hall–Kier alpha value is -7.02. The van der Waals surface area contributed by atoms with Gasteiger partial charge in [0.15, 0.2) is 0 Å². The van der Waals surface area contributed by atoms with E-state index in [-0.39, 0.29) is 0 Å². The molecule has 78 heavy (non-hydrogen) atoms. The molecule has 384 valence electrons. The van der Waals surface area contributed by atoms with Crippen LogP contribution >= 0.6 is 0 Å². The number of rotatable bonds is 8. The normalized spacial score (nSPS) is 17.8. The SMILES string of the molecule is c1ccc2c(-c3ccc(C4CCCCC4)cc3)c3c(c(-c4ccc(C5CCCCC5)cc4)c2c1)-c1ccc2c4c(ccc-3c14)-c1c-2c(-c2ccc(C3CCCCC3)cc2)c2ccccc2c1-c1ccc(C2CCCCC2)cc1. The fourth-order valence-corrected chi connectivity index (χ4v) is 16.9. The maximum Gasteiger partial charge on any atom is -0.000740 e. The molecular weight excluding hydrogens is 937 g/mol. The molecule has 6 aliphatic carbocycles.